The van der Waals surface area contributed by atoms with Gasteiger partial charge in [0, 0.05) is 17.8 Å². The fourth-order valence-corrected chi connectivity index (χ4v) is 1.99. The first kappa shape index (κ1) is 10.7. The molecule has 0 bridgehead atoms. The van der Waals surface area contributed by atoms with Gasteiger partial charge in [0.05, 0.1) is 12.1 Å². The van der Waals surface area contributed by atoms with Crippen LogP contribution < -0.4 is 5.73 Å². The van der Waals surface area contributed by atoms with E-state index in [1.807, 2.05) is 35.0 Å². The number of rotatable bonds is 2. The predicted octanol–water partition coefficient (Wildman–Crippen LogP) is 1.49. The number of hydrogen-bond acceptors (Lipinski definition) is 4. The molecule has 90 valence electrons. The molecule has 0 fully saturated rings. The molecule has 2 heterocycles. The number of hydrogen-bond donors (Lipinski definition) is 2. The summed E-state index contributed by atoms with van der Waals surface area (Å²) < 4.78 is 1.94. The quantitative estimate of drug-likeness (QED) is 0.711. The number of fused-ring (bicyclic) bond motifs is 1. The van der Waals surface area contributed by atoms with E-state index >= 15 is 0 Å². The second-order valence-corrected chi connectivity index (χ2v) is 4.01. The van der Waals surface area contributed by atoms with Gasteiger partial charge in [0.1, 0.15) is 5.82 Å². The molecular formula is C13H12N4O. The van der Waals surface area contributed by atoms with Crippen molar-refractivity contribution in [1.82, 2.24) is 14.5 Å². The lowest BCUT2D eigenvalue weighted by atomic mass is 10.2. The predicted molar refractivity (Wildman–Crippen MR) is 69.2 cm³/mol. The molecule has 3 rings (SSSR count). The van der Waals surface area contributed by atoms with Gasteiger partial charge >= 0.3 is 0 Å². The molecule has 0 saturated carbocycles. The van der Waals surface area contributed by atoms with Crippen LogP contribution in [-0.2, 0) is 6.61 Å². The summed E-state index contributed by atoms with van der Waals surface area (Å²) in [6, 6.07) is 9.58. The van der Waals surface area contributed by atoms with E-state index in [0.717, 1.165) is 22.3 Å². The van der Waals surface area contributed by atoms with E-state index in [-0.39, 0.29) is 12.6 Å². The van der Waals surface area contributed by atoms with Crippen molar-refractivity contribution in [3.8, 4) is 5.82 Å². The molecule has 18 heavy (non-hydrogen) atoms. The van der Waals surface area contributed by atoms with Gasteiger partial charge in [0.15, 0.2) is 0 Å². The lowest BCUT2D eigenvalue weighted by Gasteiger charge is -2.05. The Labute approximate surface area is 104 Å². The van der Waals surface area contributed by atoms with Crippen LogP contribution in [0.2, 0.25) is 0 Å². The first-order valence-electron chi connectivity index (χ1n) is 5.57. The highest BCUT2D eigenvalue weighted by Gasteiger charge is 2.05. The maximum Gasteiger partial charge on any atom is 0.221 e. The van der Waals surface area contributed by atoms with Crippen molar-refractivity contribution >= 4 is 16.9 Å². The van der Waals surface area contributed by atoms with Gasteiger partial charge in [-0.05, 0) is 29.8 Å². The summed E-state index contributed by atoms with van der Waals surface area (Å²) in [5, 5.41) is 10.2. The van der Waals surface area contributed by atoms with Crippen molar-refractivity contribution in [2.24, 2.45) is 0 Å². The first-order valence-corrected chi connectivity index (χ1v) is 5.57. The van der Waals surface area contributed by atoms with Gasteiger partial charge in [-0.1, -0.05) is 6.07 Å². The molecular weight excluding hydrogens is 228 g/mol. The molecule has 0 spiro atoms. The van der Waals surface area contributed by atoms with Crippen LogP contribution in [-0.4, -0.2) is 19.6 Å². The number of anilines is 1. The first-order chi connectivity index (χ1) is 8.78. The molecule has 3 N–H and O–H groups in total. The molecule has 0 aliphatic carbocycles. The smallest absolute Gasteiger partial charge is 0.221 e. The Bertz CT molecular complexity index is 705. The van der Waals surface area contributed by atoms with Crippen LogP contribution in [0.25, 0.3) is 16.7 Å². The van der Waals surface area contributed by atoms with Crippen LogP contribution in [0, 0.1) is 0 Å². The molecule has 1 aromatic carbocycles. The van der Waals surface area contributed by atoms with Crippen LogP contribution >= 0.6 is 0 Å². The lowest BCUT2D eigenvalue weighted by Crippen LogP contribution is -2.00. The molecule has 0 radical (unpaired) electrons. The Hall–Kier alpha value is -2.40. The lowest BCUT2D eigenvalue weighted by molar-refractivity contribution is 0.282. The van der Waals surface area contributed by atoms with E-state index in [9.17, 15) is 0 Å². The molecule has 5 nitrogen and oxygen atoms in total. The number of aliphatic hydroxyl groups is 1. The highest BCUT2D eigenvalue weighted by Crippen LogP contribution is 2.20. The standard InChI is InChI=1S/C13H12N4O/c14-13-15-5-3-12(16-13)17-6-4-10-7-9(8-18)1-2-11(10)17/h1-7,18H,8H2,(H2,14,15,16). The van der Waals surface area contributed by atoms with Crippen molar-refractivity contribution < 1.29 is 5.11 Å². The zero-order chi connectivity index (χ0) is 12.5. The average molecular weight is 240 g/mol. The van der Waals surface area contributed by atoms with Crippen molar-refractivity contribution in [2.45, 2.75) is 6.61 Å². The van der Waals surface area contributed by atoms with Crippen molar-refractivity contribution in [3.05, 3.63) is 48.3 Å². The molecule has 3 aromatic rings. The Morgan fingerprint density at radius 1 is 1.22 bits per heavy atom. The summed E-state index contributed by atoms with van der Waals surface area (Å²) >= 11 is 0. The number of nitrogens with zero attached hydrogens (tertiary/aromatic N) is 3. The Morgan fingerprint density at radius 3 is 2.89 bits per heavy atom. The fraction of sp³-hybridized carbons (Fsp3) is 0.0769. The third-order valence-corrected chi connectivity index (χ3v) is 2.84. The Balaban J connectivity index is 2.18. The summed E-state index contributed by atoms with van der Waals surface area (Å²) in [5.41, 5.74) is 7.50. The average Bonchev–Trinajstić information content (AvgIpc) is 2.81. The zero-order valence-electron chi connectivity index (χ0n) is 9.61. The van der Waals surface area contributed by atoms with Gasteiger partial charge in [-0.15, -0.1) is 0 Å². The van der Waals surface area contributed by atoms with E-state index < -0.39 is 0 Å². The number of benzene rings is 1. The van der Waals surface area contributed by atoms with Crippen LogP contribution in [0.3, 0.4) is 0 Å². The summed E-state index contributed by atoms with van der Waals surface area (Å²) in [4.78, 5) is 8.07. The summed E-state index contributed by atoms with van der Waals surface area (Å²) in [6.45, 7) is 0.0432. The van der Waals surface area contributed by atoms with Gasteiger partial charge < -0.3 is 15.4 Å². The van der Waals surface area contributed by atoms with Crippen molar-refractivity contribution in [3.63, 3.8) is 0 Å². The van der Waals surface area contributed by atoms with Crippen LogP contribution in [0.4, 0.5) is 5.95 Å². The zero-order valence-corrected chi connectivity index (χ0v) is 9.61. The number of aliphatic hydroxyl groups excluding tert-OH is 1. The minimum Gasteiger partial charge on any atom is -0.392 e. The van der Waals surface area contributed by atoms with Gasteiger partial charge in [-0.25, -0.2) is 4.98 Å². The second-order valence-electron chi connectivity index (χ2n) is 4.01. The Morgan fingerprint density at radius 2 is 2.11 bits per heavy atom. The maximum atomic E-state index is 9.11. The second kappa shape index (κ2) is 4.12. The number of nitrogens with two attached hydrogens (primary N) is 1. The van der Waals surface area contributed by atoms with Crippen LogP contribution in [0.15, 0.2) is 42.7 Å². The molecule has 0 atom stereocenters. The highest BCUT2D eigenvalue weighted by atomic mass is 16.3. The maximum absolute atomic E-state index is 9.11. The summed E-state index contributed by atoms with van der Waals surface area (Å²) in [5.74, 6) is 0.982. The third kappa shape index (κ3) is 1.70. The highest BCUT2D eigenvalue weighted by molar-refractivity contribution is 5.82. The van der Waals surface area contributed by atoms with E-state index in [0.29, 0.717) is 0 Å². The monoisotopic (exact) mass is 240 g/mol. The molecule has 2 aromatic heterocycles. The van der Waals surface area contributed by atoms with Crippen molar-refractivity contribution in [2.75, 3.05) is 5.73 Å². The summed E-state index contributed by atoms with van der Waals surface area (Å²) in [7, 11) is 0. The largest absolute Gasteiger partial charge is 0.392 e. The molecule has 0 aliphatic rings. The molecule has 0 aliphatic heterocycles. The number of aromatic nitrogens is 3. The topological polar surface area (TPSA) is 77.0 Å². The van der Waals surface area contributed by atoms with Gasteiger partial charge in [-0.3, -0.25) is 0 Å². The van der Waals surface area contributed by atoms with E-state index in [1.54, 1.807) is 12.3 Å². The normalized spacial score (nSPS) is 10.9. The van der Waals surface area contributed by atoms with Gasteiger partial charge in [-0.2, -0.15) is 4.98 Å². The molecule has 0 saturated heterocycles. The fourth-order valence-electron chi connectivity index (χ4n) is 1.99. The van der Waals surface area contributed by atoms with E-state index in [2.05, 4.69) is 9.97 Å². The van der Waals surface area contributed by atoms with Crippen LogP contribution in [0.5, 0.6) is 0 Å². The van der Waals surface area contributed by atoms with Gasteiger partial charge in [0.25, 0.3) is 0 Å². The van der Waals surface area contributed by atoms with Gasteiger partial charge in [0.2, 0.25) is 5.95 Å². The molecule has 5 heteroatoms. The Kier molecular flexibility index (Phi) is 2.46. The number of nitrogen functional groups attached to an aromatic ring is 1. The molecule has 0 amide bonds. The summed E-state index contributed by atoms with van der Waals surface area (Å²) in [6.07, 6.45) is 3.55. The minimum absolute atomic E-state index is 0.0432. The van der Waals surface area contributed by atoms with Crippen molar-refractivity contribution in [1.29, 1.82) is 0 Å². The third-order valence-electron chi connectivity index (χ3n) is 2.84. The SMILES string of the molecule is Nc1nccc(-n2ccc3cc(CO)ccc32)n1. The van der Waals surface area contributed by atoms with E-state index in [4.69, 9.17) is 10.8 Å². The van der Waals surface area contributed by atoms with Crippen LogP contribution in [0.1, 0.15) is 5.56 Å². The van der Waals surface area contributed by atoms with E-state index in [1.165, 1.54) is 0 Å². The minimum atomic E-state index is 0.0432. The molecule has 0 unspecified atom stereocenters.